The van der Waals surface area contributed by atoms with Crippen molar-refractivity contribution in [3.8, 4) is 0 Å². The maximum atomic E-state index is 12.3. The normalized spacial score (nSPS) is 14.0. The molecule has 26 heavy (non-hydrogen) atoms. The summed E-state index contributed by atoms with van der Waals surface area (Å²) in [4.78, 5) is 4.38. The number of hydrogen-bond donors (Lipinski definition) is 0. The molecule has 0 saturated carbocycles. The van der Waals surface area contributed by atoms with E-state index < -0.39 is 15.6 Å². The summed E-state index contributed by atoms with van der Waals surface area (Å²) >= 11 is 0. The van der Waals surface area contributed by atoms with Crippen molar-refractivity contribution in [1.29, 1.82) is 0 Å². The number of hydrogen-bond acceptors (Lipinski definition) is 4. The van der Waals surface area contributed by atoms with E-state index in [-0.39, 0.29) is 5.92 Å². The van der Waals surface area contributed by atoms with Crippen molar-refractivity contribution in [1.82, 2.24) is 4.98 Å². The minimum absolute atomic E-state index is 0.184. The first kappa shape index (κ1) is 20.2. The number of allylic oxidation sites excluding steroid dienone is 1. The summed E-state index contributed by atoms with van der Waals surface area (Å²) in [6, 6.07) is 9.58. The second-order valence-electron chi connectivity index (χ2n) is 5.91. The first-order chi connectivity index (χ1) is 12.2. The van der Waals surface area contributed by atoms with E-state index >= 15 is 0 Å². The molecule has 0 aliphatic carbocycles. The Labute approximate surface area is 150 Å². The quantitative estimate of drug-likeness (QED) is 0.365. The van der Waals surface area contributed by atoms with Gasteiger partial charge in [0.1, 0.15) is 6.26 Å². The molecule has 1 heterocycles. The molecule has 0 spiro atoms. The molecule has 0 radical (unpaired) electrons. The highest BCUT2D eigenvalue weighted by Gasteiger charge is 2.47. The summed E-state index contributed by atoms with van der Waals surface area (Å²) in [6.45, 7) is 2.00. The molecule has 0 amide bonds. The van der Waals surface area contributed by atoms with Gasteiger partial charge in [0.15, 0.2) is 0 Å². The fourth-order valence-corrected chi connectivity index (χ4v) is 2.92. The van der Waals surface area contributed by atoms with E-state index in [9.17, 15) is 21.6 Å². The Morgan fingerprint density at radius 1 is 1.23 bits per heavy atom. The summed E-state index contributed by atoms with van der Waals surface area (Å²) in [5.41, 5.74) is -4.62. The van der Waals surface area contributed by atoms with Crippen LogP contribution in [0.25, 0.3) is 10.8 Å². The Hall–Kier alpha value is -2.09. The zero-order chi connectivity index (χ0) is 19.2. The summed E-state index contributed by atoms with van der Waals surface area (Å²) in [5, 5.41) is 1.99. The molecule has 8 heteroatoms. The second kappa shape index (κ2) is 8.53. The van der Waals surface area contributed by atoms with E-state index in [4.69, 9.17) is 0 Å². The van der Waals surface area contributed by atoms with Gasteiger partial charge in [-0.15, -0.1) is 0 Å². The van der Waals surface area contributed by atoms with Crippen molar-refractivity contribution in [3.63, 3.8) is 0 Å². The lowest BCUT2D eigenvalue weighted by Gasteiger charge is -2.14. The van der Waals surface area contributed by atoms with Gasteiger partial charge in [0.25, 0.3) is 0 Å². The highest BCUT2D eigenvalue weighted by molar-refractivity contribution is 7.87. The van der Waals surface area contributed by atoms with Gasteiger partial charge in [-0.1, -0.05) is 44.0 Å². The number of pyridine rings is 1. The van der Waals surface area contributed by atoms with Crippen molar-refractivity contribution >= 4 is 20.9 Å². The van der Waals surface area contributed by atoms with Crippen molar-refractivity contribution in [2.45, 2.75) is 38.1 Å². The maximum absolute atomic E-state index is 12.3. The molecule has 1 unspecified atom stereocenters. The molecular formula is C18H20F3NO3S. The number of benzene rings is 1. The zero-order valence-corrected chi connectivity index (χ0v) is 15.1. The Morgan fingerprint density at radius 2 is 1.96 bits per heavy atom. The topological polar surface area (TPSA) is 56.3 Å². The molecule has 0 saturated heterocycles. The Morgan fingerprint density at radius 3 is 2.65 bits per heavy atom. The third kappa shape index (κ3) is 5.20. The van der Waals surface area contributed by atoms with Gasteiger partial charge in [0.2, 0.25) is 0 Å². The molecule has 2 rings (SSSR count). The predicted molar refractivity (Wildman–Crippen MR) is 93.7 cm³/mol. The molecule has 4 nitrogen and oxygen atoms in total. The van der Waals surface area contributed by atoms with Gasteiger partial charge in [-0.2, -0.15) is 21.6 Å². The van der Waals surface area contributed by atoms with E-state index in [0.717, 1.165) is 29.3 Å². The van der Waals surface area contributed by atoms with Gasteiger partial charge < -0.3 is 4.18 Å². The lowest BCUT2D eigenvalue weighted by Crippen LogP contribution is -2.23. The summed E-state index contributed by atoms with van der Waals surface area (Å²) in [6.07, 6.45) is 6.60. The van der Waals surface area contributed by atoms with E-state index in [2.05, 4.69) is 9.17 Å². The van der Waals surface area contributed by atoms with E-state index in [0.29, 0.717) is 19.1 Å². The molecule has 142 valence electrons. The van der Waals surface area contributed by atoms with E-state index in [1.807, 2.05) is 37.3 Å². The SMILES string of the molecule is CCCCC(C=COS(=O)(=O)C(F)(F)F)Cc1nccc2ccccc12. The maximum Gasteiger partial charge on any atom is 0.534 e. The Bertz CT molecular complexity index is 858. The third-order valence-electron chi connectivity index (χ3n) is 3.96. The van der Waals surface area contributed by atoms with E-state index in [1.54, 1.807) is 6.20 Å². The summed E-state index contributed by atoms with van der Waals surface area (Å²) < 4.78 is 62.9. The van der Waals surface area contributed by atoms with Crippen molar-refractivity contribution < 1.29 is 25.8 Å². The van der Waals surface area contributed by atoms with Crippen LogP contribution in [0.3, 0.4) is 0 Å². The lowest BCUT2D eigenvalue weighted by molar-refractivity contribution is -0.0515. The largest absolute Gasteiger partial charge is 0.534 e. The van der Waals surface area contributed by atoms with Crippen LogP contribution in [0.2, 0.25) is 0 Å². The molecule has 1 atom stereocenters. The molecule has 0 bridgehead atoms. The molecule has 0 fully saturated rings. The molecule has 2 aromatic rings. The van der Waals surface area contributed by atoms with Crippen LogP contribution in [-0.2, 0) is 20.7 Å². The van der Waals surface area contributed by atoms with Gasteiger partial charge in [-0.05, 0) is 36.3 Å². The monoisotopic (exact) mass is 387 g/mol. The van der Waals surface area contributed by atoms with Crippen molar-refractivity contribution in [3.05, 3.63) is 54.6 Å². The third-order valence-corrected chi connectivity index (χ3v) is 4.89. The summed E-state index contributed by atoms with van der Waals surface area (Å²) in [5.74, 6) is -0.184. The highest BCUT2D eigenvalue weighted by Crippen LogP contribution is 2.26. The van der Waals surface area contributed by atoms with Gasteiger partial charge in [-0.25, -0.2) is 0 Å². The van der Waals surface area contributed by atoms with Crippen LogP contribution < -0.4 is 0 Å². The van der Waals surface area contributed by atoms with Gasteiger partial charge >= 0.3 is 15.6 Å². The molecule has 0 aliphatic rings. The van der Waals surface area contributed by atoms with Crippen LogP contribution >= 0.6 is 0 Å². The van der Waals surface area contributed by atoms with Crippen LogP contribution in [0.4, 0.5) is 13.2 Å². The molecule has 0 N–H and O–H groups in total. The first-order valence-electron chi connectivity index (χ1n) is 8.23. The van der Waals surface area contributed by atoms with Gasteiger partial charge in [0, 0.05) is 17.3 Å². The minimum atomic E-state index is -5.62. The standard InChI is InChI=1S/C18H20F3NO3S/c1-2-3-6-14(10-12-25-26(23,24)18(19,20)21)13-17-16-8-5-4-7-15(16)9-11-22-17/h4-5,7-12,14H,2-3,6,13H2,1H3. The number of nitrogens with zero attached hydrogens (tertiary/aromatic N) is 1. The number of unbranched alkanes of at least 4 members (excludes halogenated alkanes) is 1. The second-order valence-corrected chi connectivity index (χ2v) is 7.47. The fraction of sp³-hybridized carbons (Fsp3) is 0.389. The van der Waals surface area contributed by atoms with Crippen LogP contribution in [0.15, 0.2) is 48.9 Å². The van der Waals surface area contributed by atoms with E-state index in [1.165, 1.54) is 6.08 Å². The van der Waals surface area contributed by atoms with Gasteiger partial charge in [-0.3, -0.25) is 4.98 Å². The van der Waals surface area contributed by atoms with Crippen LogP contribution in [0.1, 0.15) is 31.9 Å². The predicted octanol–water partition coefficient (Wildman–Crippen LogP) is 4.96. The number of alkyl halides is 3. The molecular weight excluding hydrogens is 367 g/mol. The highest BCUT2D eigenvalue weighted by atomic mass is 32.2. The van der Waals surface area contributed by atoms with Crippen LogP contribution in [0.5, 0.6) is 0 Å². The number of aromatic nitrogens is 1. The lowest BCUT2D eigenvalue weighted by atomic mass is 9.94. The molecule has 0 aliphatic heterocycles. The molecule has 1 aromatic carbocycles. The zero-order valence-electron chi connectivity index (χ0n) is 14.2. The van der Waals surface area contributed by atoms with Crippen LogP contribution in [0, 0.1) is 5.92 Å². The smallest absolute Gasteiger partial charge is 0.384 e. The van der Waals surface area contributed by atoms with Gasteiger partial charge in [0.05, 0.1) is 0 Å². The average Bonchev–Trinajstić information content (AvgIpc) is 2.58. The number of fused-ring (bicyclic) bond motifs is 1. The summed E-state index contributed by atoms with van der Waals surface area (Å²) in [7, 11) is -5.62. The number of rotatable bonds is 8. The minimum Gasteiger partial charge on any atom is -0.384 e. The Kier molecular flexibility index (Phi) is 6.63. The van der Waals surface area contributed by atoms with Crippen LogP contribution in [-0.4, -0.2) is 18.9 Å². The number of halogens is 3. The Balaban J connectivity index is 2.18. The molecule has 1 aromatic heterocycles. The van der Waals surface area contributed by atoms with Crippen molar-refractivity contribution in [2.75, 3.05) is 0 Å². The fourth-order valence-electron chi connectivity index (χ4n) is 2.60. The average molecular weight is 387 g/mol. The first-order valence-corrected chi connectivity index (χ1v) is 9.64. The van der Waals surface area contributed by atoms with Crippen molar-refractivity contribution in [2.24, 2.45) is 5.92 Å².